The maximum Gasteiger partial charge on any atom is 0.260 e. The number of pyridine rings is 1. The Morgan fingerprint density at radius 2 is 1.74 bits per heavy atom. The van der Waals surface area contributed by atoms with Crippen molar-refractivity contribution in [2.45, 2.75) is 19.5 Å². The number of aromatic nitrogens is 1. The van der Waals surface area contributed by atoms with Crippen LogP contribution >= 0.6 is 11.6 Å². The second kappa shape index (κ2) is 10.0. The number of furan rings is 1. The molecule has 1 fully saturated rings. The molecule has 2 aromatic carbocycles. The third-order valence-electron chi connectivity index (χ3n) is 6.66. The van der Waals surface area contributed by atoms with E-state index in [4.69, 9.17) is 16.0 Å². The summed E-state index contributed by atoms with van der Waals surface area (Å²) in [6.45, 7) is 5.21. The molecule has 4 aromatic rings. The van der Waals surface area contributed by atoms with Gasteiger partial charge < -0.3 is 19.0 Å². The van der Waals surface area contributed by atoms with Crippen molar-refractivity contribution in [2.75, 3.05) is 31.1 Å². The molecule has 180 valence electrons. The summed E-state index contributed by atoms with van der Waals surface area (Å²) in [6, 6.07) is 22.8. The molecule has 1 aliphatic heterocycles. The number of aryl methyl sites for hydroxylation is 1. The molecule has 0 radical (unpaired) electrons. The summed E-state index contributed by atoms with van der Waals surface area (Å²) in [5.74, 6) is 0.682. The summed E-state index contributed by atoms with van der Waals surface area (Å²) >= 11 is 6.36. The van der Waals surface area contributed by atoms with Crippen LogP contribution in [0.25, 0.3) is 0 Å². The van der Waals surface area contributed by atoms with E-state index in [2.05, 4.69) is 21.9 Å². The molecule has 0 saturated carbocycles. The van der Waals surface area contributed by atoms with Crippen molar-refractivity contribution in [3.05, 3.63) is 117 Å². The van der Waals surface area contributed by atoms with Crippen LogP contribution in [0.15, 0.2) is 88.3 Å². The van der Waals surface area contributed by atoms with Crippen LogP contribution in [-0.2, 0) is 6.54 Å². The van der Waals surface area contributed by atoms with Crippen molar-refractivity contribution in [1.82, 2.24) is 9.47 Å². The zero-order valence-corrected chi connectivity index (χ0v) is 20.4. The molecule has 35 heavy (non-hydrogen) atoms. The Labute approximate surface area is 209 Å². The van der Waals surface area contributed by atoms with Crippen LogP contribution in [0.2, 0.25) is 5.02 Å². The Balaban J connectivity index is 1.54. The maximum absolute atomic E-state index is 13.9. The lowest BCUT2D eigenvalue weighted by molar-refractivity contribution is 0.207. The van der Waals surface area contributed by atoms with Crippen LogP contribution in [0.1, 0.15) is 28.6 Å². The molecule has 2 aromatic heterocycles. The number of rotatable bonds is 6. The molecule has 7 heteroatoms. The lowest BCUT2D eigenvalue weighted by Gasteiger charge is -2.40. The molecule has 1 atom stereocenters. The van der Waals surface area contributed by atoms with Gasteiger partial charge in [0.1, 0.15) is 11.5 Å². The Morgan fingerprint density at radius 1 is 0.971 bits per heavy atom. The fourth-order valence-corrected chi connectivity index (χ4v) is 5.09. The third-order valence-corrected chi connectivity index (χ3v) is 6.89. The van der Waals surface area contributed by atoms with Gasteiger partial charge in [-0.25, -0.2) is 0 Å². The van der Waals surface area contributed by atoms with E-state index in [1.165, 1.54) is 5.69 Å². The molecule has 0 spiro atoms. The van der Waals surface area contributed by atoms with E-state index >= 15 is 0 Å². The van der Waals surface area contributed by atoms with Crippen LogP contribution in [-0.4, -0.2) is 40.8 Å². The predicted octanol–water partition coefficient (Wildman–Crippen LogP) is 5.07. The summed E-state index contributed by atoms with van der Waals surface area (Å²) in [6.07, 6.45) is 1.60. The number of aromatic hydroxyl groups is 1. The van der Waals surface area contributed by atoms with Gasteiger partial charge in [0, 0.05) is 42.6 Å². The van der Waals surface area contributed by atoms with E-state index in [-0.39, 0.29) is 11.3 Å². The van der Waals surface area contributed by atoms with Crippen molar-refractivity contribution in [3.63, 3.8) is 0 Å². The largest absolute Gasteiger partial charge is 0.507 e. The minimum absolute atomic E-state index is 0.00124. The Bertz CT molecular complexity index is 1340. The van der Waals surface area contributed by atoms with Gasteiger partial charge in [-0.3, -0.25) is 9.69 Å². The quantitative estimate of drug-likeness (QED) is 0.410. The highest BCUT2D eigenvalue weighted by molar-refractivity contribution is 6.30. The van der Waals surface area contributed by atoms with Gasteiger partial charge >= 0.3 is 0 Å². The second-order valence-electron chi connectivity index (χ2n) is 8.87. The molecular weight excluding hydrogens is 462 g/mol. The average Bonchev–Trinajstić information content (AvgIpc) is 3.38. The smallest absolute Gasteiger partial charge is 0.260 e. The number of nitrogens with zero attached hydrogens (tertiary/aromatic N) is 3. The number of anilines is 1. The summed E-state index contributed by atoms with van der Waals surface area (Å²) in [7, 11) is 0. The van der Waals surface area contributed by atoms with Gasteiger partial charge in [0.2, 0.25) is 0 Å². The number of hydrogen-bond donors (Lipinski definition) is 1. The van der Waals surface area contributed by atoms with Gasteiger partial charge in [-0.2, -0.15) is 0 Å². The second-order valence-corrected chi connectivity index (χ2v) is 9.31. The minimum atomic E-state index is -0.428. The van der Waals surface area contributed by atoms with Gasteiger partial charge in [-0.15, -0.1) is 0 Å². The summed E-state index contributed by atoms with van der Waals surface area (Å²) < 4.78 is 7.15. The van der Waals surface area contributed by atoms with Gasteiger partial charge in [-0.05, 0) is 55.0 Å². The molecule has 1 aliphatic rings. The third kappa shape index (κ3) is 4.85. The summed E-state index contributed by atoms with van der Waals surface area (Å²) in [5.41, 5.74) is 2.87. The highest BCUT2D eigenvalue weighted by Crippen LogP contribution is 2.34. The topological polar surface area (TPSA) is 61.9 Å². The van der Waals surface area contributed by atoms with E-state index in [9.17, 15) is 9.90 Å². The molecule has 0 amide bonds. The van der Waals surface area contributed by atoms with E-state index in [0.717, 1.165) is 31.7 Å². The van der Waals surface area contributed by atoms with E-state index in [1.54, 1.807) is 23.0 Å². The highest BCUT2D eigenvalue weighted by Gasteiger charge is 2.31. The predicted molar refractivity (Wildman–Crippen MR) is 138 cm³/mol. The maximum atomic E-state index is 13.9. The fraction of sp³-hybridized carbons (Fsp3) is 0.250. The van der Waals surface area contributed by atoms with Gasteiger partial charge in [-0.1, -0.05) is 41.9 Å². The molecule has 6 nitrogen and oxygen atoms in total. The number of benzene rings is 2. The molecule has 1 N–H and O–H groups in total. The van der Waals surface area contributed by atoms with Crippen molar-refractivity contribution < 1.29 is 9.52 Å². The fourth-order valence-electron chi connectivity index (χ4n) is 4.89. The van der Waals surface area contributed by atoms with Crippen molar-refractivity contribution in [1.29, 1.82) is 0 Å². The van der Waals surface area contributed by atoms with Crippen molar-refractivity contribution in [2.24, 2.45) is 0 Å². The Morgan fingerprint density at radius 3 is 2.43 bits per heavy atom. The molecule has 0 bridgehead atoms. The molecule has 0 unspecified atom stereocenters. The molecule has 0 aliphatic carbocycles. The summed E-state index contributed by atoms with van der Waals surface area (Å²) in [5, 5.41) is 11.7. The van der Waals surface area contributed by atoms with E-state index in [1.807, 2.05) is 55.5 Å². The van der Waals surface area contributed by atoms with Crippen molar-refractivity contribution >= 4 is 17.3 Å². The van der Waals surface area contributed by atoms with Crippen LogP contribution < -0.4 is 10.5 Å². The zero-order valence-electron chi connectivity index (χ0n) is 19.6. The first-order chi connectivity index (χ1) is 17.0. The zero-order chi connectivity index (χ0) is 24.4. The van der Waals surface area contributed by atoms with Crippen LogP contribution in [0.3, 0.4) is 0 Å². The average molecular weight is 490 g/mol. The Hall–Kier alpha value is -3.48. The number of hydrogen-bond acceptors (Lipinski definition) is 5. The molecule has 5 rings (SSSR count). The summed E-state index contributed by atoms with van der Waals surface area (Å²) in [4.78, 5) is 18.5. The first-order valence-corrected chi connectivity index (χ1v) is 12.1. The molecule has 3 heterocycles. The van der Waals surface area contributed by atoms with E-state index < -0.39 is 6.04 Å². The number of halogens is 1. The first-order valence-electron chi connectivity index (χ1n) is 11.8. The molecular formula is C28H28ClN3O3. The van der Waals surface area contributed by atoms with Crippen molar-refractivity contribution in [3.8, 4) is 5.75 Å². The SMILES string of the molecule is Cc1cc(O)c([C@@H](c2cccc(Cl)c2)N2CCN(c3ccccc3)CC2)c(=O)n1Cc1ccco1. The lowest BCUT2D eigenvalue weighted by atomic mass is 9.96. The van der Waals surface area contributed by atoms with Gasteiger partial charge in [0.25, 0.3) is 5.56 Å². The number of piperazine rings is 1. The Kier molecular flexibility index (Phi) is 6.66. The first kappa shape index (κ1) is 23.3. The van der Waals surface area contributed by atoms with Crippen LogP contribution in [0.5, 0.6) is 5.75 Å². The lowest BCUT2D eigenvalue weighted by Crippen LogP contribution is -2.49. The number of para-hydroxylation sites is 1. The van der Waals surface area contributed by atoms with Crippen LogP contribution in [0.4, 0.5) is 5.69 Å². The minimum Gasteiger partial charge on any atom is -0.507 e. The van der Waals surface area contributed by atoms with Gasteiger partial charge in [0.15, 0.2) is 0 Å². The molecule has 1 saturated heterocycles. The highest BCUT2D eigenvalue weighted by atomic mass is 35.5. The normalized spacial score (nSPS) is 15.3. The monoisotopic (exact) mass is 489 g/mol. The van der Waals surface area contributed by atoms with Gasteiger partial charge in [0.05, 0.1) is 24.4 Å². The standard InChI is InChI=1S/C28H28ClN3O3/c1-20-17-25(33)26(28(34)32(20)19-24-11-6-16-35-24)27(21-7-5-8-22(29)18-21)31-14-12-30(13-15-31)23-9-3-2-4-10-23/h2-11,16-18,27,33H,12-15,19H2,1H3/t27-/m1/s1. The van der Waals surface area contributed by atoms with E-state index in [0.29, 0.717) is 28.6 Å². The van der Waals surface area contributed by atoms with Crippen LogP contribution in [0, 0.1) is 6.92 Å².